The molecule has 0 atom stereocenters. The number of carbonyl (C=O) groups excluding carboxylic acids is 1. The van der Waals surface area contributed by atoms with Gasteiger partial charge in [0.25, 0.3) is 0 Å². The third-order valence-electron chi connectivity index (χ3n) is 3.73. The van der Waals surface area contributed by atoms with Gasteiger partial charge in [-0.25, -0.2) is 4.79 Å². The Morgan fingerprint density at radius 1 is 0.917 bits per heavy atom. The van der Waals surface area contributed by atoms with E-state index >= 15 is 0 Å². The van der Waals surface area contributed by atoms with Gasteiger partial charge in [0.15, 0.2) is 11.5 Å². The van der Waals surface area contributed by atoms with E-state index in [0.717, 1.165) is 19.3 Å². The molecule has 24 heavy (non-hydrogen) atoms. The molecule has 0 fully saturated rings. The Kier molecular flexibility index (Phi) is 10.7. The van der Waals surface area contributed by atoms with Crippen molar-refractivity contribution in [1.29, 1.82) is 0 Å². The summed E-state index contributed by atoms with van der Waals surface area (Å²) < 4.78 is 10.3. The number of rotatable bonds is 13. The van der Waals surface area contributed by atoms with Crippen molar-refractivity contribution in [1.82, 2.24) is 0 Å². The number of hydrogen-bond acceptors (Lipinski definition) is 5. The number of ether oxygens (including phenoxy) is 2. The first-order valence-corrected chi connectivity index (χ1v) is 8.58. The Hall–Kier alpha value is -1.75. The van der Waals surface area contributed by atoms with Gasteiger partial charge in [-0.1, -0.05) is 51.9 Å². The molecular weight excluding hydrogens is 308 g/mol. The molecule has 0 saturated heterocycles. The number of unbranched alkanes of at least 4 members (excludes halogenated alkanes) is 7. The molecule has 0 spiro atoms. The summed E-state index contributed by atoms with van der Waals surface area (Å²) in [4.78, 5) is 21.7. The van der Waals surface area contributed by atoms with E-state index in [4.69, 9.17) is 19.2 Å². The first-order valence-electron chi connectivity index (χ1n) is 8.58. The van der Waals surface area contributed by atoms with Crippen LogP contribution in [0.15, 0.2) is 18.2 Å². The lowest BCUT2D eigenvalue weighted by molar-refractivity contribution is -0.241. The summed E-state index contributed by atoms with van der Waals surface area (Å²) in [5.41, 5.74) is 0.359. The molecule has 135 valence electrons. The first-order chi connectivity index (χ1) is 11.7. The highest BCUT2D eigenvalue weighted by molar-refractivity contribution is 5.89. The van der Waals surface area contributed by atoms with Gasteiger partial charge in [-0.2, -0.15) is 4.89 Å². The van der Waals surface area contributed by atoms with E-state index in [1.807, 2.05) is 0 Å². The highest BCUT2D eigenvalue weighted by Gasteiger charge is 2.12. The molecule has 5 heteroatoms. The molecule has 0 N–H and O–H groups in total. The Morgan fingerprint density at radius 3 is 2.17 bits per heavy atom. The van der Waals surface area contributed by atoms with E-state index in [0.29, 0.717) is 23.7 Å². The van der Waals surface area contributed by atoms with Gasteiger partial charge < -0.3 is 9.47 Å². The molecule has 1 rings (SSSR count). The van der Waals surface area contributed by atoms with E-state index in [1.165, 1.54) is 39.2 Å². The number of benzene rings is 1. The Bertz CT molecular complexity index is 473. The topological polar surface area (TPSA) is 54.0 Å². The van der Waals surface area contributed by atoms with Crippen molar-refractivity contribution in [3.63, 3.8) is 0 Å². The SMILES string of the molecule is [CH2]CCCCCCCCCOOC(=O)c1ccc(OC)c(OC)c1. The second-order valence-electron chi connectivity index (χ2n) is 5.59. The predicted molar refractivity (Wildman–Crippen MR) is 93.2 cm³/mol. The monoisotopic (exact) mass is 337 g/mol. The number of hydrogen-bond donors (Lipinski definition) is 0. The van der Waals surface area contributed by atoms with Crippen LogP contribution in [-0.4, -0.2) is 26.8 Å². The van der Waals surface area contributed by atoms with Crippen LogP contribution in [0, 0.1) is 6.92 Å². The van der Waals surface area contributed by atoms with Crippen molar-refractivity contribution in [3.05, 3.63) is 30.7 Å². The van der Waals surface area contributed by atoms with E-state index < -0.39 is 5.97 Å². The van der Waals surface area contributed by atoms with E-state index in [2.05, 4.69) is 6.92 Å². The van der Waals surface area contributed by atoms with Crippen LogP contribution in [0.5, 0.6) is 11.5 Å². The van der Waals surface area contributed by atoms with Gasteiger partial charge in [0.05, 0.1) is 26.4 Å². The Balaban J connectivity index is 2.16. The Morgan fingerprint density at radius 2 is 1.54 bits per heavy atom. The fraction of sp³-hybridized carbons (Fsp3) is 0.579. The lowest BCUT2D eigenvalue weighted by atomic mass is 10.1. The van der Waals surface area contributed by atoms with Crippen LogP contribution in [0.1, 0.15) is 61.7 Å². The molecule has 5 nitrogen and oxygen atoms in total. The van der Waals surface area contributed by atoms with E-state index in [-0.39, 0.29) is 0 Å². The standard InChI is InChI=1S/C19H29O5/c1-4-5-6-7-8-9-10-11-14-23-24-19(20)16-12-13-17(21-2)18(15-16)22-3/h12-13,15H,1,4-11,14H2,2-3H3. The predicted octanol–water partition coefficient (Wildman–Crippen LogP) is 4.75. The van der Waals surface area contributed by atoms with Crippen molar-refractivity contribution in [2.24, 2.45) is 0 Å². The van der Waals surface area contributed by atoms with Crippen molar-refractivity contribution >= 4 is 5.97 Å². The minimum absolute atomic E-state index is 0.359. The molecule has 1 aromatic carbocycles. The highest BCUT2D eigenvalue weighted by atomic mass is 17.2. The van der Waals surface area contributed by atoms with Crippen molar-refractivity contribution in [2.45, 2.75) is 51.4 Å². The maximum absolute atomic E-state index is 11.9. The van der Waals surface area contributed by atoms with Crippen LogP contribution in [0.2, 0.25) is 0 Å². The largest absolute Gasteiger partial charge is 0.493 e. The fourth-order valence-electron chi connectivity index (χ4n) is 2.33. The summed E-state index contributed by atoms with van der Waals surface area (Å²) in [7, 11) is 3.06. The second-order valence-corrected chi connectivity index (χ2v) is 5.59. The summed E-state index contributed by atoms with van der Waals surface area (Å²) in [6.07, 6.45) is 9.17. The summed E-state index contributed by atoms with van der Waals surface area (Å²) in [5, 5.41) is 0. The van der Waals surface area contributed by atoms with Crippen LogP contribution in [0.25, 0.3) is 0 Å². The molecule has 1 aromatic rings. The molecule has 0 aliphatic heterocycles. The summed E-state index contributed by atoms with van der Waals surface area (Å²) in [5.74, 6) is 0.500. The van der Waals surface area contributed by atoms with Crippen molar-refractivity contribution < 1.29 is 24.0 Å². The molecule has 0 aliphatic rings. The second kappa shape index (κ2) is 12.6. The molecular formula is C19H29O5. The van der Waals surface area contributed by atoms with Gasteiger partial charge in [0.1, 0.15) is 0 Å². The molecule has 0 saturated carbocycles. The molecule has 0 bridgehead atoms. The lowest BCUT2D eigenvalue weighted by Gasteiger charge is -2.09. The van der Waals surface area contributed by atoms with Gasteiger partial charge in [-0.3, -0.25) is 4.89 Å². The lowest BCUT2D eigenvalue weighted by Crippen LogP contribution is -2.07. The normalized spacial score (nSPS) is 10.5. The number of carbonyl (C=O) groups is 1. The summed E-state index contributed by atoms with van der Waals surface area (Å²) in [6, 6.07) is 4.83. The maximum Gasteiger partial charge on any atom is 0.373 e. The zero-order valence-corrected chi connectivity index (χ0v) is 14.8. The zero-order chi connectivity index (χ0) is 17.6. The van der Waals surface area contributed by atoms with Crippen LogP contribution in [-0.2, 0) is 9.78 Å². The van der Waals surface area contributed by atoms with Crippen molar-refractivity contribution in [2.75, 3.05) is 20.8 Å². The van der Waals surface area contributed by atoms with Crippen LogP contribution >= 0.6 is 0 Å². The van der Waals surface area contributed by atoms with Crippen LogP contribution in [0.3, 0.4) is 0 Å². The molecule has 0 amide bonds. The minimum atomic E-state index is -0.538. The maximum atomic E-state index is 11.9. The van der Waals surface area contributed by atoms with Gasteiger partial charge in [0, 0.05) is 0 Å². The van der Waals surface area contributed by atoms with Gasteiger partial charge >= 0.3 is 5.97 Å². The summed E-state index contributed by atoms with van der Waals surface area (Å²) >= 11 is 0. The van der Waals surface area contributed by atoms with Gasteiger partial charge in [-0.05, 0) is 24.6 Å². The highest BCUT2D eigenvalue weighted by Crippen LogP contribution is 2.27. The number of methoxy groups -OCH3 is 2. The Labute approximate surface area is 145 Å². The molecule has 0 heterocycles. The van der Waals surface area contributed by atoms with Crippen LogP contribution in [0.4, 0.5) is 0 Å². The van der Waals surface area contributed by atoms with E-state index in [1.54, 1.807) is 25.3 Å². The zero-order valence-electron chi connectivity index (χ0n) is 14.8. The average molecular weight is 337 g/mol. The molecule has 0 aliphatic carbocycles. The third-order valence-corrected chi connectivity index (χ3v) is 3.73. The van der Waals surface area contributed by atoms with E-state index in [9.17, 15) is 4.79 Å². The molecule has 0 aromatic heterocycles. The van der Waals surface area contributed by atoms with Gasteiger partial charge in [0.2, 0.25) is 0 Å². The average Bonchev–Trinajstić information content (AvgIpc) is 2.62. The first kappa shape index (κ1) is 20.3. The quantitative estimate of drug-likeness (QED) is 0.295. The molecule has 1 radical (unpaired) electrons. The van der Waals surface area contributed by atoms with Gasteiger partial charge in [-0.15, -0.1) is 0 Å². The van der Waals surface area contributed by atoms with Crippen molar-refractivity contribution in [3.8, 4) is 11.5 Å². The molecule has 0 unspecified atom stereocenters. The minimum Gasteiger partial charge on any atom is -0.493 e. The smallest absolute Gasteiger partial charge is 0.373 e. The van der Waals surface area contributed by atoms with Crippen LogP contribution < -0.4 is 9.47 Å². The summed E-state index contributed by atoms with van der Waals surface area (Å²) in [6.45, 7) is 4.25. The fourth-order valence-corrected chi connectivity index (χ4v) is 2.33. The third kappa shape index (κ3) is 7.68.